The molecule has 1 aromatic carbocycles. The summed E-state index contributed by atoms with van der Waals surface area (Å²) in [6.07, 6.45) is 3.59. The summed E-state index contributed by atoms with van der Waals surface area (Å²) in [5.41, 5.74) is 1.81. The summed E-state index contributed by atoms with van der Waals surface area (Å²) in [6, 6.07) is 9.97. The second-order valence-corrected chi connectivity index (χ2v) is 4.32. The monoisotopic (exact) mass is 257 g/mol. The van der Waals surface area contributed by atoms with E-state index in [1.54, 1.807) is 10.9 Å². The number of furan rings is 1. The van der Waals surface area contributed by atoms with Crippen molar-refractivity contribution < 1.29 is 9.52 Å². The van der Waals surface area contributed by atoms with E-state index in [0.29, 0.717) is 13.1 Å². The van der Waals surface area contributed by atoms with E-state index in [1.165, 1.54) is 0 Å². The number of benzene rings is 1. The molecule has 0 saturated carbocycles. The Labute approximate surface area is 110 Å². The molecule has 0 saturated heterocycles. The molecule has 2 aromatic heterocycles. The zero-order chi connectivity index (χ0) is 13.1. The Morgan fingerprint density at radius 1 is 1.32 bits per heavy atom. The highest BCUT2D eigenvalue weighted by molar-refractivity contribution is 5.77. The van der Waals surface area contributed by atoms with Crippen molar-refractivity contribution in [3.05, 3.63) is 48.5 Å². The Bertz CT molecular complexity index is 639. The number of nitrogens with one attached hydrogen (secondary N) is 1. The molecule has 0 amide bonds. The highest BCUT2D eigenvalue weighted by Crippen LogP contribution is 2.19. The van der Waals surface area contributed by atoms with E-state index in [4.69, 9.17) is 9.52 Å². The van der Waals surface area contributed by atoms with Crippen LogP contribution in [0.4, 0.5) is 5.69 Å². The van der Waals surface area contributed by atoms with Gasteiger partial charge in [-0.3, -0.25) is 4.68 Å². The number of nitrogens with zero attached hydrogens (tertiary/aromatic N) is 2. The Balaban J connectivity index is 1.67. The van der Waals surface area contributed by atoms with Crippen LogP contribution in [-0.4, -0.2) is 21.5 Å². The minimum absolute atomic E-state index is 0.0880. The van der Waals surface area contributed by atoms with Crippen LogP contribution in [0.25, 0.3) is 11.0 Å². The summed E-state index contributed by atoms with van der Waals surface area (Å²) in [5, 5.41) is 17.3. The van der Waals surface area contributed by atoms with Crippen LogP contribution in [0.2, 0.25) is 0 Å². The van der Waals surface area contributed by atoms with Gasteiger partial charge in [0.25, 0.3) is 0 Å². The van der Waals surface area contributed by atoms with Gasteiger partial charge in [-0.25, -0.2) is 0 Å². The second-order valence-electron chi connectivity index (χ2n) is 4.32. The third kappa shape index (κ3) is 2.61. The van der Waals surface area contributed by atoms with Gasteiger partial charge in [-0.1, -0.05) is 18.2 Å². The molecule has 98 valence electrons. The molecule has 0 aliphatic carbocycles. The molecular formula is C14H15N3O2. The van der Waals surface area contributed by atoms with Crippen molar-refractivity contribution in [2.45, 2.75) is 13.1 Å². The lowest BCUT2D eigenvalue weighted by molar-refractivity contribution is 0.269. The number of aliphatic hydroxyl groups excluding tert-OH is 1. The van der Waals surface area contributed by atoms with Gasteiger partial charge in [0.05, 0.1) is 31.6 Å². The molecule has 0 bridgehead atoms. The maximum absolute atomic E-state index is 8.82. The smallest absolute Gasteiger partial charge is 0.134 e. The van der Waals surface area contributed by atoms with Crippen molar-refractivity contribution in [2.75, 3.05) is 11.9 Å². The van der Waals surface area contributed by atoms with E-state index in [0.717, 1.165) is 22.4 Å². The molecule has 19 heavy (non-hydrogen) atoms. The Morgan fingerprint density at radius 2 is 2.21 bits per heavy atom. The van der Waals surface area contributed by atoms with Gasteiger partial charge in [-0.15, -0.1) is 0 Å². The third-order valence-electron chi connectivity index (χ3n) is 2.91. The second kappa shape index (κ2) is 5.16. The first-order chi connectivity index (χ1) is 9.35. The highest BCUT2D eigenvalue weighted by atomic mass is 16.3. The minimum atomic E-state index is 0.0880. The SMILES string of the molecule is OCCn1cc(NCc2cc3ccccc3o2)cn1. The molecule has 3 aromatic rings. The van der Waals surface area contributed by atoms with E-state index in [1.807, 2.05) is 36.5 Å². The summed E-state index contributed by atoms with van der Waals surface area (Å²) in [5.74, 6) is 0.885. The summed E-state index contributed by atoms with van der Waals surface area (Å²) in [6.45, 7) is 1.20. The molecule has 0 spiro atoms. The first-order valence-corrected chi connectivity index (χ1v) is 6.20. The predicted molar refractivity (Wildman–Crippen MR) is 72.9 cm³/mol. The first kappa shape index (κ1) is 11.8. The van der Waals surface area contributed by atoms with Crippen molar-refractivity contribution in [3.8, 4) is 0 Å². The summed E-state index contributed by atoms with van der Waals surface area (Å²) in [4.78, 5) is 0. The lowest BCUT2D eigenvalue weighted by atomic mass is 10.2. The zero-order valence-corrected chi connectivity index (χ0v) is 10.4. The van der Waals surface area contributed by atoms with Crippen LogP contribution in [0.3, 0.4) is 0 Å². The lowest BCUT2D eigenvalue weighted by Crippen LogP contribution is -2.02. The van der Waals surface area contributed by atoms with Gasteiger partial charge in [0.15, 0.2) is 0 Å². The molecule has 5 heteroatoms. The van der Waals surface area contributed by atoms with Crippen LogP contribution in [0.1, 0.15) is 5.76 Å². The normalized spacial score (nSPS) is 11.0. The van der Waals surface area contributed by atoms with E-state index < -0.39 is 0 Å². The number of anilines is 1. The number of aliphatic hydroxyl groups is 1. The number of aromatic nitrogens is 2. The molecule has 0 fully saturated rings. The summed E-state index contributed by atoms with van der Waals surface area (Å²) in [7, 11) is 0. The Morgan fingerprint density at radius 3 is 3.05 bits per heavy atom. The first-order valence-electron chi connectivity index (χ1n) is 6.20. The van der Waals surface area contributed by atoms with E-state index in [2.05, 4.69) is 10.4 Å². The van der Waals surface area contributed by atoms with E-state index in [9.17, 15) is 0 Å². The van der Waals surface area contributed by atoms with Gasteiger partial charge < -0.3 is 14.8 Å². The fourth-order valence-corrected chi connectivity index (χ4v) is 1.99. The third-order valence-corrected chi connectivity index (χ3v) is 2.91. The maximum Gasteiger partial charge on any atom is 0.134 e. The van der Waals surface area contributed by atoms with Crippen molar-refractivity contribution in [2.24, 2.45) is 0 Å². The van der Waals surface area contributed by atoms with E-state index >= 15 is 0 Å². The van der Waals surface area contributed by atoms with Crippen LogP contribution < -0.4 is 5.32 Å². The molecule has 0 radical (unpaired) electrons. The van der Waals surface area contributed by atoms with E-state index in [-0.39, 0.29) is 6.61 Å². The zero-order valence-electron chi connectivity index (χ0n) is 10.4. The van der Waals surface area contributed by atoms with Crippen molar-refractivity contribution >= 4 is 16.7 Å². The number of fused-ring (bicyclic) bond motifs is 1. The Hall–Kier alpha value is -2.27. The Kier molecular flexibility index (Phi) is 3.20. The van der Waals surface area contributed by atoms with Crippen LogP contribution in [0, 0.1) is 0 Å². The number of para-hydroxylation sites is 1. The number of hydrogen-bond donors (Lipinski definition) is 2. The average Bonchev–Trinajstić information content (AvgIpc) is 3.02. The molecule has 0 aliphatic heterocycles. The quantitative estimate of drug-likeness (QED) is 0.735. The topological polar surface area (TPSA) is 63.2 Å². The fourth-order valence-electron chi connectivity index (χ4n) is 1.99. The lowest BCUT2D eigenvalue weighted by Gasteiger charge is -1.99. The molecule has 3 rings (SSSR count). The van der Waals surface area contributed by atoms with Gasteiger partial charge >= 0.3 is 0 Å². The molecule has 0 unspecified atom stereocenters. The van der Waals surface area contributed by atoms with Crippen LogP contribution in [0.5, 0.6) is 0 Å². The van der Waals surface area contributed by atoms with Gasteiger partial charge in [0, 0.05) is 11.6 Å². The van der Waals surface area contributed by atoms with Gasteiger partial charge in [0.2, 0.25) is 0 Å². The van der Waals surface area contributed by atoms with Gasteiger partial charge in [-0.05, 0) is 12.1 Å². The molecule has 2 heterocycles. The molecule has 0 atom stereocenters. The van der Waals surface area contributed by atoms with Crippen LogP contribution >= 0.6 is 0 Å². The summed E-state index contributed by atoms with van der Waals surface area (Å²) >= 11 is 0. The van der Waals surface area contributed by atoms with Gasteiger partial charge in [-0.2, -0.15) is 5.10 Å². The average molecular weight is 257 g/mol. The van der Waals surface area contributed by atoms with Crippen LogP contribution in [-0.2, 0) is 13.1 Å². The van der Waals surface area contributed by atoms with Gasteiger partial charge in [0.1, 0.15) is 11.3 Å². The summed E-state index contributed by atoms with van der Waals surface area (Å²) < 4.78 is 7.41. The fraction of sp³-hybridized carbons (Fsp3) is 0.214. The minimum Gasteiger partial charge on any atom is -0.459 e. The number of hydrogen-bond acceptors (Lipinski definition) is 4. The van der Waals surface area contributed by atoms with Crippen LogP contribution in [0.15, 0.2) is 47.1 Å². The molecular weight excluding hydrogens is 242 g/mol. The predicted octanol–water partition coefficient (Wildman–Crippen LogP) is 2.23. The number of rotatable bonds is 5. The molecule has 2 N–H and O–H groups in total. The van der Waals surface area contributed by atoms with Crippen molar-refractivity contribution in [3.63, 3.8) is 0 Å². The molecule has 5 nitrogen and oxygen atoms in total. The largest absolute Gasteiger partial charge is 0.459 e. The van der Waals surface area contributed by atoms with Crippen molar-refractivity contribution in [1.29, 1.82) is 0 Å². The van der Waals surface area contributed by atoms with Crippen molar-refractivity contribution in [1.82, 2.24) is 9.78 Å². The highest BCUT2D eigenvalue weighted by Gasteiger charge is 2.03. The standard InChI is InChI=1S/C14H15N3O2/c18-6-5-17-10-12(8-16-17)15-9-13-7-11-3-1-2-4-14(11)19-13/h1-4,7-8,10,15,18H,5-6,9H2. The molecule has 0 aliphatic rings. The maximum atomic E-state index is 8.82.